The Morgan fingerprint density at radius 1 is 1.40 bits per heavy atom. The Bertz CT molecular complexity index is 617. The molecule has 0 aliphatic rings. The molecule has 106 valence electrons. The quantitative estimate of drug-likeness (QED) is 0.879. The number of amides is 1. The molecule has 6 heteroatoms. The van der Waals surface area contributed by atoms with Crippen molar-refractivity contribution in [3.05, 3.63) is 41.2 Å². The van der Waals surface area contributed by atoms with Crippen LogP contribution in [-0.2, 0) is 13.6 Å². The van der Waals surface area contributed by atoms with Gasteiger partial charge in [-0.15, -0.1) is 0 Å². The molecule has 2 rings (SSSR count). The smallest absolute Gasteiger partial charge is 0.271 e. The molecule has 2 aromatic rings. The van der Waals surface area contributed by atoms with E-state index in [-0.39, 0.29) is 5.91 Å². The normalized spacial score (nSPS) is 10.3. The van der Waals surface area contributed by atoms with Gasteiger partial charge in [0.05, 0.1) is 18.5 Å². The molecule has 0 bridgehead atoms. The zero-order valence-electron chi connectivity index (χ0n) is 11.8. The highest BCUT2D eigenvalue weighted by atomic mass is 16.5. The highest BCUT2D eigenvalue weighted by Crippen LogP contribution is 2.15. The van der Waals surface area contributed by atoms with E-state index >= 15 is 0 Å². The second-order valence-electron chi connectivity index (χ2n) is 4.50. The number of nitrogens with zero attached hydrogens (tertiary/aromatic N) is 2. The van der Waals surface area contributed by atoms with Crippen molar-refractivity contribution in [3.8, 4) is 5.75 Å². The number of rotatable bonds is 4. The monoisotopic (exact) mass is 274 g/mol. The summed E-state index contributed by atoms with van der Waals surface area (Å²) in [5, 5.41) is 6.95. The number of hydrogen-bond acceptors (Lipinski definition) is 4. The number of aromatic nitrogens is 2. The molecule has 0 spiro atoms. The second-order valence-corrected chi connectivity index (χ2v) is 4.50. The van der Waals surface area contributed by atoms with Crippen molar-refractivity contribution in [2.75, 3.05) is 12.8 Å². The molecule has 3 N–H and O–H groups in total. The van der Waals surface area contributed by atoms with Crippen LogP contribution in [0.4, 0.5) is 5.69 Å². The summed E-state index contributed by atoms with van der Waals surface area (Å²) in [5.74, 6) is 0.549. The fourth-order valence-electron chi connectivity index (χ4n) is 1.95. The van der Waals surface area contributed by atoms with Gasteiger partial charge in [0.1, 0.15) is 11.4 Å². The lowest BCUT2D eigenvalue weighted by atomic mass is 10.2. The first kappa shape index (κ1) is 13.9. The maximum atomic E-state index is 12.1. The molecule has 0 unspecified atom stereocenters. The summed E-state index contributed by atoms with van der Waals surface area (Å²) in [4.78, 5) is 12.1. The highest BCUT2D eigenvalue weighted by Gasteiger charge is 2.17. The minimum Gasteiger partial charge on any atom is -0.497 e. The van der Waals surface area contributed by atoms with Gasteiger partial charge in [0.25, 0.3) is 5.91 Å². The van der Waals surface area contributed by atoms with Gasteiger partial charge in [-0.3, -0.25) is 9.48 Å². The van der Waals surface area contributed by atoms with Gasteiger partial charge in [-0.1, -0.05) is 12.1 Å². The number of nitrogens with two attached hydrogens (primary N) is 1. The van der Waals surface area contributed by atoms with Crippen LogP contribution in [0.3, 0.4) is 0 Å². The van der Waals surface area contributed by atoms with E-state index in [0.29, 0.717) is 23.6 Å². The average Bonchev–Trinajstić information content (AvgIpc) is 2.70. The van der Waals surface area contributed by atoms with E-state index in [1.807, 2.05) is 24.3 Å². The Morgan fingerprint density at radius 3 is 2.55 bits per heavy atom. The summed E-state index contributed by atoms with van der Waals surface area (Å²) in [7, 11) is 3.32. The standard InChI is InChI=1S/C14H18N4O2/c1-9-12(15)13(18(2)17-9)14(19)16-8-10-4-6-11(20-3)7-5-10/h4-7H,8,15H2,1-3H3,(H,16,19). The van der Waals surface area contributed by atoms with E-state index in [2.05, 4.69) is 10.4 Å². The van der Waals surface area contributed by atoms with Gasteiger partial charge in [0.2, 0.25) is 0 Å². The summed E-state index contributed by atoms with van der Waals surface area (Å²) in [6.45, 7) is 2.20. The van der Waals surface area contributed by atoms with Crippen molar-refractivity contribution in [2.24, 2.45) is 7.05 Å². The minimum atomic E-state index is -0.235. The van der Waals surface area contributed by atoms with E-state index in [0.717, 1.165) is 11.3 Å². The van der Waals surface area contributed by atoms with Crippen molar-refractivity contribution >= 4 is 11.6 Å². The van der Waals surface area contributed by atoms with Gasteiger partial charge in [-0.25, -0.2) is 0 Å². The summed E-state index contributed by atoms with van der Waals surface area (Å²) >= 11 is 0. The van der Waals surface area contributed by atoms with Crippen LogP contribution in [-0.4, -0.2) is 22.8 Å². The number of nitrogens with one attached hydrogen (secondary N) is 1. The fraction of sp³-hybridized carbons (Fsp3) is 0.286. The van der Waals surface area contributed by atoms with E-state index in [4.69, 9.17) is 10.5 Å². The topological polar surface area (TPSA) is 82.2 Å². The average molecular weight is 274 g/mol. The predicted molar refractivity (Wildman–Crippen MR) is 76.5 cm³/mol. The van der Waals surface area contributed by atoms with Crippen molar-refractivity contribution in [3.63, 3.8) is 0 Å². The first-order chi connectivity index (χ1) is 9.52. The third kappa shape index (κ3) is 2.74. The van der Waals surface area contributed by atoms with E-state index in [1.165, 1.54) is 4.68 Å². The van der Waals surface area contributed by atoms with Gasteiger partial charge in [-0.2, -0.15) is 5.10 Å². The molecule has 1 heterocycles. The molecule has 0 saturated heterocycles. The van der Waals surface area contributed by atoms with Crippen LogP contribution >= 0.6 is 0 Å². The number of anilines is 1. The molecule has 0 saturated carbocycles. The molecule has 0 radical (unpaired) electrons. The Labute approximate surface area is 117 Å². The van der Waals surface area contributed by atoms with Crippen LogP contribution in [0.1, 0.15) is 21.7 Å². The maximum Gasteiger partial charge on any atom is 0.271 e. The zero-order valence-corrected chi connectivity index (χ0v) is 11.8. The fourth-order valence-corrected chi connectivity index (χ4v) is 1.95. The molecule has 1 aromatic heterocycles. The zero-order chi connectivity index (χ0) is 14.7. The highest BCUT2D eigenvalue weighted by molar-refractivity contribution is 5.97. The number of benzene rings is 1. The van der Waals surface area contributed by atoms with Gasteiger partial charge in [-0.05, 0) is 24.6 Å². The first-order valence-corrected chi connectivity index (χ1v) is 6.23. The number of ether oxygens (including phenoxy) is 1. The van der Waals surface area contributed by atoms with Crippen LogP contribution in [0.5, 0.6) is 5.75 Å². The summed E-state index contributed by atoms with van der Waals surface area (Å²) in [5.41, 5.74) is 8.29. The van der Waals surface area contributed by atoms with Crippen molar-refractivity contribution in [1.82, 2.24) is 15.1 Å². The Morgan fingerprint density at radius 2 is 2.05 bits per heavy atom. The van der Waals surface area contributed by atoms with Gasteiger partial charge in [0.15, 0.2) is 0 Å². The largest absolute Gasteiger partial charge is 0.497 e. The summed E-state index contributed by atoms with van der Waals surface area (Å²) < 4.78 is 6.58. The SMILES string of the molecule is COc1ccc(CNC(=O)c2c(N)c(C)nn2C)cc1. The Kier molecular flexibility index (Phi) is 3.93. The molecule has 20 heavy (non-hydrogen) atoms. The molecule has 0 atom stereocenters. The Hall–Kier alpha value is -2.50. The van der Waals surface area contributed by atoms with Crippen molar-refractivity contribution in [2.45, 2.75) is 13.5 Å². The number of aryl methyl sites for hydroxylation is 2. The molecule has 0 aliphatic carbocycles. The van der Waals surface area contributed by atoms with Gasteiger partial charge >= 0.3 is 0 Å². The predicted octanol–water partition coefficient (Wildman–Crippen LogP) is 1.25. The molecule has 0 fully saturated rings. The lowest BCUT2D eigenvalue weighted by Crippen LogP contribution is -2.26. The molecular weight excluding hydrogens is 256 g/mol. The summed E-state index contributed by atoms with van der Waals surface area (Å²) in [6, 6.07) is 7.50. The summed E-state index contributed by atoms with van der Waals surface area (Å²) in [6.07, 6.45) is 0. The van der Waals surface area contributed by atoms with Crippen LogP contribution in [0.2, 0.25) is 0 Å². The number of carbonyl (C=O) groups is 1. The van der Waals surface area contributed by atoms with Crippen LogP contribution in [0.25, 0.3) is 0 Å². The van der Waals surface area contributed by atoms with Crippen LogP contribution in [0.15, 0.2) is 24.3 Å². The first-order valence-electron chi connectivity index (χ1n) is 6.23. The molecule has 1 amide bonds. The second kappa shape index (κ2) is 5.64. The lowest BCUT2D eigenvalue weighted by molar-refractivity contribution is 0.0942. The molecule has 6 nitrogen and oxygen atoms in total. The lowest BCUT2D eigenvalue weighted by Gasteiger charge is -2.07. The van der Waals surface area contributed by atoms with Crippen molar-refractivity contribution < 1.29 is 9.53 Å². The maximum absolute atomic E-state index is 12.1. The van der Waals surface area contributed by atoms with E-state index in [9.17, 15) is 4.79 Å². The molecule has 1 aromatic carbocycles. The minimum absolute atomic E-state index is 0.235. The van der Waals surface area contributed by atoms with E-state index in [1.54, 1.807) is 21.1 Å². The van der Waals surface area contributed by atoms with Crippen LogP contribution in [0, 0.1) is 6.92 Å². The van der Waals surface area contributed by atoms with Gasteiger partial charge in [0, 0.05) is 13.6 Å². The van der Waals surface area contributed by atoms with E-state index < -0.39 is 0 Å². The Balaban J connectivity index is 2.04. The molecule has 0 aliphatic heterocycles. The van der Waals surface area contributed by atoms with Crippen LogP contribution < -0.4 is 15.8 Å². The number of nitrogen functional groups attached to an aromatic ring is 1. The number of hydrogen-bond donors (Lipinski definition) is 2. The van der Waals surface area contributed by atoms with Gasteiger partial charge < -0.3 is 15.8 Å². The third-order valence-corrected chi connectivity index (χ3v) is 3.10. The molecular formula is C14H18N4O2. The number of methoxy groups -OCH3 is 1. The third-order valence-electron chi connectivity index (χ3n) is 3.10. The van der Waals surface area contributed by atoms with Crippen molar-refractivity contribution in [1.29, 1.82) is 0 Å². The number of carbonyl (C=O) groups excluding carboxylic acids is 1.